The maximum atomic E-state index is 13.8. The van der Waals surface area contributed by atoms with Gasteiger partial charge in [-0.25, -0.2) is 4.39 Å². The minimum absolute atomic E-state index is 0.0127. The Morgan fingerprint density at radius 3 is 2.56 bits per heavy atom. The molecule has 0 aliphatic rings. The number of anilines is 1. The molecule has 1 amide bonds. The number of carbonyl (C=O) groups excluding carboxylic acids is 1. The Morgan fingerprint density at radius 2 is 1.91 bits per heavy atom. The summed E-state index contributed by atoms with van der Waals surface area (Å²) in [5.74, 6) is -0.435. The zero-order chi connectivity index (χ0) is 23.1. The maximum absolute atomic E-state index is 13.8. The van der Waals surface area contributed by atoms with Crippen molar-refractivity contribution in [2.24, 2.45) is 0 Å². The molecule has 0 atom stereocenters. The summed E-state index contributed by atoms with van der Waals surface area (Å²) in [5, 5.41) is 12.5. The standard InChI is InChI=1S/C24H17BrClFN2O3/c1-31-22-11-16(10-17(13-28)24(30)29-21-5-3-2-4-20(21)27)19(25)12-23(22)32-14-15-6-8-18(26)9-7-15/h2-12H,14H2,1H3,(H,29,30)/b17-10-. The van der Waals surface area contributed by atoms with Crippen LogP contribution in [0.4, 0.5) is 10.1 Å². The molecule has 0 spiro atoms. The minimum Gasteiger partial charge on any atom is -0.493 e. The fourth-order valence-electron chi connectivity index (χ4n) is 2.73. The van der Waals surface area contributed by atoms with Crippen molar-refractivity contribution in [2.75, 3.05) is 12.4 Å². The first-order chi connectivity index (χ1) is 15.4. The molecular formula is C24H17BrClFN2O3. The van der Waals surface area contributed by atoms with E-state index in [1.54, 1.807) is 30.3 Å². The van der Waals surface area contributed by atoms with Gasteiger partial charge in [-0.1, -0.05) is 51.8 Å². The van der Waals surface area contributed by atoms with Gasteiger partial charge in [0.25, 0.3) is 5.91 Å². The minimum atomic E-state index is -0.730. The number of carbonyl (C=O) groups is 1. The third-order valence-electron chi connectivity index (χ3n) is 4.38. The number of ether oxygens (including phenoxy) is 2. The van der Waals surface area contributed by atoms with Gasteiger partial charge in [-0.05, 0) is 53.6 Å². The van der Waals surface area contributed by atoms with Crippen LogP contribution >= 0.6 is 27.5 Å². The van der Waals surface area contributed by atoms with Crippen LogP contribution in [0.25, 0.3) is 6.08 Å². The quantitative estimate of drug-likeness (QED) is 0.293. The van der Waals surface area contributed by atoms with Gasteiger partial charge in [0.15, 0.2) is 11.5 Å². The van der Waals surface area contributed by atoms with Crippen LogP contribution in [0, 0.1) is 17.1 Å². The fraction of sp³-hybridized carbons (Fsp3) is 0.0833. The van der Waals surface area contributed by atoms with Gasteiger partial charge in [0.2, 0.25) is 0 Å². The lowest BCUT2D eigenvalue weighted by atomic mass is 10.1. The van der Waals surface area contributed by atoms with E-state index in [0.717, 1.165) is 5.56 Å². The van der Waals surface area contributed by atoms with Gasteiger partial charge in [0, 0.05) is 9.50 Å². The molecule has 162 valence electrons. The number of para-hydroxylation sites is 1. The lowest BCUT2D eigenvalue weighted by molar-refractivity contribution is -0.112. The predicted molar refractivity (Wildman–Crippen MR) is 125 cm³/mol. The average Bonchev–Trinajstić information content (AvgIpc) is 2.79. The highest BCUT2D eigenvalue weighted by molar-refractivity contribution is 9.10. The smallest absolute Gasteiger partial charge is 0.266 e. The topological polar surface area (TPSA) is 71.3 Å². The van der Waals surface area contributed by atoms with Gasteiger partial charge in [-0.15, -0.1) is 0 Å². The number of methoxy groups -OCH3 is 1. The predicted octanol–water partition coefficient (Wildman–Crippen LogP) is 6.37. The number of amides is 1. The van der Waals surface area contributed by atoms with Crippen LogP contribution in [0.5, 0.6) is 11.5 Å². The first kappa shape index (κ1) is 23.3. The van der Waals surface area contributed by atoms with E-state index in [1.165, 1.54) is 31.4 Å². The molecule has 0 saturated heterocycles. The molecule has 5 nitrogen and oxygen atoms in total. The van der Waals surface area contributed by atoms with Crippen molar-refractivity contribution in [3.8, 4) is 17.6 Å². The Hall–Kier alpha value is -3.34. The molecule has 3 aromatic carbocycles. The van der Waals surface area contributed by atoms with Gasteiger partial charge in [0.05, 0.1) is 12.8 Å². The van der Waals surface area contributed by atoms with Crippen molar-refractivity contribution in [1.29, 1.82) is 5.26 Å². The third-order valence-corrected chi connectivity index (χ3v) is 5.32. The Labute approximate surface area is 198 Å². The Balaban J connectivity index is 1.82. The van der Waals surface area contributed by atoms with Crippen LogP contribution in [0.3, 0.4) is 0 Å². The van der Waals surface area contributed by atoms with Crippen LogP contribution in [0.2, 0.25) is 5.02 Å². The van der Waals surface area contributed by atoms with Crippen LogP contribution in [-0.2, 0) is 11.4 Å². The maximum Gasteiger partial charge on any atom is 0.266 e. The molecule has 8 heteroatoms. The Kier molecular flexibility index (Phi) is 7.87. The molecule has 0 radical (unpaired) electrons. The Bertz CT molecular complexity index is 1210. The summed E-state index contributed by atoms with van der Waals surface area (Å²) in [5.41, 5.74) is 1.22. The number of halogens is 3. The van der Waals surface area contributed by atoms with Gasteiger partial charge < -0.3 is 14.8 Å². The molecule has 3 rings (SSSR count). The number of rotatable bonds is 7. The summed E-state index contributed by atoms with van der Waals surface area (Å²) in [6.45, 7) is 0.295. The number of benzene rings is 3. The summed E-state index contributed by atoms with van der Waals surface area (Å²) < 4.78 is 25.6. The van der Waals surface area contributed by atoms with E-state index in [9.17, 15) is 14.4 Å². The molecule has 1 N–H and O–H groups in total. The molecule has 0 saturated carbocycles. The van der Waals surface area contributed by atoms with Crippen LogP contribution in [0.1, 0.15) is 11.1 Å². The zero-order valence-electron chi connectivity index (χ0n) is 16.9. The molecule has 0 unspecified atom stereocenters. The number of nitrogens with one attached hydrogen (secondary N) is 1. The molecule has 0 aliphatic heterocycles. The van der Waals surface area contributed by atoms with Gasteiger partial charge in [-0.2, -0.15) is 5.26 Å². The normalized spacial score (nSPS) is 10.9. The first-order valence-electron chi connectivity index (χ1n) is 9.33. The van der Waals surface area contributed by atoms with Crippen molar-refractivity contribution in [2.45, 2.75) is 6.61 Å². The number of nitriles is 1. The monoisotopic (exact) mass is 514 g/mol. The van der Waals surface area contributed by atoms with E-state index in [4.69, 9.17) is 21.1 Å². The second kappa shape index (κ2) is 10.8. The van der Waals surface area contributed by atoms with E-state index in [0.29, 0.717) is 33.2 Å². The van der Waals surface area contributed by atoms with Crippen molar-refractivity contribution in [3.05, 3.63) is 92.7 Å². The van der Waals surface area contributed by atoms with Crippen LogP contribution in [0.15, 0.2) is 70.7 Å². The van der Waals surface area contributed by atoms with Crippen LogP contribution in [-0.4, -0.2) is 13.0 Å². The number of hydrogen-bond acceptors (Lipinski definition) is 4. The van der Waals surface area contributed by atoms with Crippen LogP contribution < -0.4 is 14.8 Å². The van der Waals surface area contributed by atoms with Gasteiger partial charge >= 0.3 is 0 Å². The first-order valence-corrected chi connectivity index (χ1v) is 10.5. The van der Waals surface area contributed by atoms with E-state index in [1.807, 2.05) is 18.2 Å². The molecule has 0 fully saturated rings. The van der Waals surface area contributed by atoms with E-state index < -0.39 is 11.7 Å². The summed E-state index contributed by atoms with van der Waals surface area (Å²) in [4.78, 5) is 12.5. The molecule has 3 aromatic rings. The van der Waals surface area contributed by atoms with Crippen molar-refractivity contribution in [3.63, 3.8) is 0 Å². The van der Waals surface area contributed by atoms with Crippen molar-refractivity contribution < 1.29 is 18.7 Å². The molecule has 0 bridgehead atoms. The van der Waals surface area contributed by atoms with E-state index in [-0.39, 0.29) is 11.3 Å². The molecule has 0 aliphatic carbocycles. The summed E-state index contributed by atoms with van der Waals surface area (Å²) in [7, 11) is 1.49. The van der Waals surface area contributed by atoms with Gasteiger partial charge in [0.1, 0.15) is 24.1 Å². The third kappa shape index (κ3) is 5.88. The van der Waals surface area contributed by atoms with Gasteiger partial charge in [-0.3, -0.25) is 4.79 Å². The second-order valence-corrected chi connectivity index (χ2v) is 7.83. The molecule has 0 aromatic heterocycles. The summed E-state index contributed by atoms with van der Waals surface area (Å²) in [6, 6.07) is 18.1. The van der Waals surface area contributed by atoms with E-state index >= 15 is 0 Å². The average molecular weight is 516 g/mol. The largest absolute Gasteiger partial charge is 0.493 e. The highest BCUT2D eigenvalue weighted by atomic mass is 79.9. The Morgan fingerprint density at radius 1 is 1.19 bits per heavy atom. The number of hydrogen-bond donors (Lipinski definition) is 1. The molecule has 32 heavy (non-hydrogen) atoms. The fourth-order valence-corrected chi connectivity index (χ4v) is 3.29. The lowest BCUT2D eigenvalue weighted by Crippen LogP contribution is -2.14. The number of nitrogens with zero attached hydrogens (tertiary/aromatic N) is 1. The van der Waals surface area contributed by atoms with Crippen molar-refractivity contribution >= 4 is 45.2 Å². The zero-order valence-corrected chi connectivity index (χ0v) is 19.2. The molecule has 0 heterocycles. The SMILES string of the molecule is COc1cc(/C=C(/C#N)C(=O)Nc2ccccc2F)c(Br)cc1OCc1ccc(Cl)cc1. The lowest BCUT2D eigenvalue weighted by Gasteiger charge is -2.13. The second-order valence-electron chi connectivity index (χ2n) is 6.54. The molecular weight excluding hydrogens is 499 g/mol. The highest BCUT2D eigenvalue weighted by Gasteiger charge is 2.15. The van der Waals surface area contributed by atoms with Crippen molar-refractivity contribution in [1.82, 2.24) is 0 Å². The van der Waals surface area contributed by atoms with E-state index in [2.05, 4.69) is 21.2 Å². The highest BCUT2D eigenvalue weighted by Crippen LogP contribution is 2.35. The summed E-state index contributed by atoms with van der Waals surface area (Å²) in [6.07, 6.45) is 1.38. The summed E-state index contributed by atoms with van der Waals surface area (Å²) >= 11 is 9.33.